The molecule has 2 rings (SSSR count). The van der Waals surface area contributed by atoms with Gasteiger partial charge in [0, 0.05) is 16.1 Å². The van der Waals surface area contributed by atoms with Gasteiger partial charge in [0.15, 0.2) is 11.6 Å². The summed E-state index contributed by atoms with van der Waals surface area (Å²) in [6.07, 6.45) is 0. The number of nitrogen functional groups attached to an aromatic ring is 1. The molecular formula is C13H8BrClF2N2O. The minimum absolute atomic E-state index is 0.186. The highest BCUT2D eigenvalue weighted by molar-refractivity contribution is 9.10. The van der Waals surface area contributed by atoms with Gasteiger partial charge in [-0.05, 0) is 24.3 Å². The molecule has 20 heavy (non-hydrogen) atoms. The van der Waals surface area contributed by atoms with Crippen LogP contribution in [0.1, 0.15) is 5.56 Å². The van der Waals surface area contributed by atoms with Crippen molar-refractivity contribution in [3.63, 3.8) is 0 Å². The van der Waals surface area contributed by atoms with Gasteiger partial charge in [-0.3, -0.25) is 5.41 Å². The highest BCUT2D eigenvalue weighted by Crippen LogP contribution is 2.31. The van der Waals surface area contributed by atoms with E-state index in [9.17, 15) is 8.78 Å². The number of hydrogen-bond acceptors (Lipinski definition) is 2. The Bertz CT molecular complexity index is 694. The summed E-state index contributed by atoms with van der Waals surface area (Å²) in [4.78, 5) is 0. The lowest BCUT2D eigenvalue weighted by Crippen LogP contribution is -2.11. The van der Waals surface area contributed by atoms with E-state index in [4.69, 9.17) is 27.5 Å². The first-order chi connectivity index (χ1) is 9.38. The number of ether oxygens (including phenoxy) is 1. The normalized spacial score (nSPS) is 10.4. The SMILES string of the molecule is N=C(N)c1ccc(Oc2cc(Br)cc(F)c2F)cc1Cl. The highest BCUT2D eigenvalue weighted by atomic mass is 79.9. The summed E-state index contributed by atoms with van der Waals surface area (Å²) >= 11 is 8.96. The maximum atomic E-state index is 13.6. The number of halogens is 4. The third kappa shape index (κ3) is 3.08. The van der Waals surface area contributed by atoms with Crippen molar-refractivity contribution < 1.29 is 13.5 Å². The van der Waals surface area contributed by atoms with E-state index in [0.29, 0.717) is 10.0 Å². The maximum absolute atomic E-state index is 13.6. The molecule has 0 saturated heterocycles. The lowest BCUT2D eigenvalue weighted by Gasteiger charge is -2.09. The highest BCUT2D eigenvalue weighted by Gasteiger charge is 2.13. The van der Waals surface area contributed by atoms with Crippen LogP contribution in [0.4, 0.5) is 8.78 Å². The second-order valence-corrected chi connectivity index (χ2v) is 5.18. The van der Waals surface area contributed by atoms with E-state index in [1.165, 1.54) is 24.3 Å². The molecule has 104 valence electrons. The summed E-state index contributed by atoms with van der Waals surface area (Å²) < 4.78 is 32.4. The third-order valence-electron chi connectivity index (χ3n) is 2.42. The van der Waals surface area contributed by atoms with Crippen molar-refractivity contribution in [2.45, 2.75) is 0 Å². The number of amidine groups is 1. The molecular weight excluding hydrogens is 354 g/mol. The molecule has 0 spiro atoms. The number of nitrogens with two attached hydrogens (primary N) is 1. The van der Waals surface area contributed by atoms with Crippen molar-refractivity contribution in [3.8, 4) is 11.5 Å². The van der Waals surface area contributed by atoms with Crippen molar-refractivity contribution >= 4 is 33.4 Å². The number of nitrogens with one attached hydrogen (secondary N) is 1. The Balaban J connectivity index is 2.36. The zero-order valence-corrected chi connectivity index (χ0v) is 12.2. The molecule has 0 unspecified atom stereocenters. The van der Waals surface area contributed by atoms with Crippen molar-refractivity contribution in [2.24, 2.45) is 5.73 Å². The van der Waals surface area contributed by atoms with Crippen LogP contribution in [0.25, 0.3) is 0 Å². The summed E-state index contributed by atoms with van der Waals surface area (Å²) in [5.74, 6) is -2.39. The van der Waals surface area contributed by atoms with Gasteiger partial charge in [0.05, 0.1) is 5.02 Å². The molecule has 0 heterocycles. The molecule has 7 heteroatoms. The Hall–Kier alpha value is -1.66. The summed E-state index contributed by atoms with van der Waals surface area (Å²) in [5, 5.41) is 7.48. The fraction of sp³-hybridized carbons (Fsp3) is 0. The predicted octanol–water partition coefficient (Wildman–Crippen LogP) is 4.46. The van der Waals surface area contributed by atoms with Crippen LogP contribution in [0.2, 0.25) is 5.02 Å². The van der Waals surface area contributed by atoms with E-state index >= 15 is 0 Å². The molecule has 0 atom stereocenters. The van der Waals surface area contributed by atoms with Crippen LogP contribution in [-0.2, 0) is 0 Å². The molecule has 3 N–H and O–H groups in total. The standard InChI is InChI=1S/C13H8BrClF2N2O/c14-6-3-10(16)12(17)11(4-6)20-7-1-2-8(13(18)19)9(15)5-7/h1-5H,(H3,18,19). The molecule has 0 aliphatic heterocycles. The number of benzene rings is 2. The smallest absolute Gasteiger partial charge is 0.201 e. The summed E-state index contributed by atoms with van der Waals surface area (Å²) in [5.41, 5.74) is 5.66. The molecule has 2 aromatic rings. The van der Waals surface area contributed by atoms with Gasteiger partial charge in [0.25, 0.3) is 0 Å². The first-order valence-electron chi connectivity index (χ1n) is 5.35. The van der Waals surface area contributed by atoms with Crippen molar-refractivity contribution in [1.82, 2.24) is 0 Å². The van der Waals surface area contributed by atoms with Gasteiger partial charge < -0.3 is 10.5 Å². The van der Waals surface area contributed by atoms with E-state index in [1.54, 1.807) is 0 Å². The van der Waals surface area contributed by atoms with Crippen molar-refractivity contribution in [2.75, 3.05) is 0 Å². The first kappa shape index (κ1) is 14.7. The molecule has 0 aliphatic carbocycles. The fourth-order valence-electron chi connectivity index (χ4n) is 1.51. The molecule has 0 saturated carbocycles. The molecule has 2 aromatic carbocycles. The summed E-state index contributed by atoms with van der Waals surface area (Å²) in [7, 11) is 0. The van der Waals surface area contributed by atoms with Crippen LogP contribution in [0, 0.1) is 17.0 Å². The van der Waals surface area contributed by atoms with Crippen LogP contribution < -0.4 is 10.5 Å². The zero-order valence-electron chi connectivity index (χ0n) is 9.88. The van der Waals surface area contributed by atoms with Crippen molar-refractivity contribution in [3.05, 3.63) is 57.0 Å². The monoisotopic (exact) mass is 360 g/mol. The lowest BCUT2D eigenvalue weighted by atomic mass is 10.2. The van der Waals surface area contributed by atoms with Gasteiger partial charge in [0.2, 0.25) is 5.82 Å². The predicted molar refractivity (Wildman–Crippen MR) is 76.6 cm³/mol. The van der Waals surface area contributed by atoms with Crippen molar-refractivity contribution in [1.29, 1.82) is 5.41 Å². The van der Waals surface area contributed by atoms with Gasteiger partial charge in [-0.25, -0.2) is 4.39 Å². The van der Waals surface area contributed by atoms with Crippen LogP contribution in [-0.4, -0.2) is 5.84 Å². The van der Waals surface area contributed by atoms with E-state index in [2.05, 4.69) is 15.9 Å². The summed E-state index contributed by atoms with van der Waals surface area (Å²) in [6.45, 7) is 0. The third-order valence-corrected chi connectivity index (χ3v) is 3.19. The van der Waals surface area contributed by atoms with Crippen LogP contribution in [0.5, 0.6) is 11.5 Å². The van der Waals surface area contributed by atoms with E-state index in [0.717, 1.165) is 6.07 Å². The Morgan fingerprint density at radius 3 is 2.55 bits per heavy atom. The molecule has 0 amide bonds. The quantitative estimate of drug-likeness (QED) is 0.482. The Kier molecular flexibility index (Phi) is 4.25. The Morgan fingerprint density at radius 2 is 1.95 bits per heavy atom. The fourth-order valence-corrected chi connectivity index (χ4v) is 2.19. The largest absolute Gasteiger partial charge is 0.454 e. The van der Waals surface area contributed by atoms with Gasteiger partial charge in [0.1, 0.15) is 11.6 Å². The van der Waals surface area contributed by atoms with Gasteiger partial charge in [-0.2, -0.15) is 4.39 Å². The van der Waals surface area contributed by atoms with Gasteiger partial charge in [-0.15, -0.1) is 0 Å². The van der Waals surface area contributed by atoms with Crippen LogP contribution in [0.15, 0.2) is 34.8 Å². The number of rotatable bonds is 3. The molecule has 0 aromatic heterocycles. The average molecular weight is 362 g/mol. The Labute approximate surface area is 126 Å². The molecule has 0 aliphatic rings. The maximum Gasteiger partial charge on any atom is 0.201 e. The molecule has 0 radical (unpaired) electrons. The molecule has 3 nitrogen and oxygen atoms in total. The van der Waals surface area contributed by atoms with E-state index in [1.807, 2.05) is 0 Å². The van der Waals surface area contributed by atoms with Crippen LogP contribution in [0.3, 0.4) is 0 Å². The summed E-state index contributed by atoms with van der Waals surface area (Å²) in [6, 6.07) is 6.59. The van der Waals surface area contributed by atoms with Crippen LogP contribution >= 0.6 is 27.5 Å². The first-order valence-corrected chi connectivity index (χ1v) is 6.52. The second-order valence-electron chi connectivity index (χ2n) is 3.86. The minimum atomic E-state index is -1.10. The zero-order chi connectivity index (χ0) is 14.9. The second kappa shape index (κ2) is 5.76. The number of hydrogen-bond donors (Lipinski definition) is 2. The van der Waals surface area contributed by atoms with Gasteiger partial charge >= 0.3 is 0 Å². The molecule has 0 bridgehead atoms. The average Bonchev–Trinajstić information content (AvgIpc) is 2.35. The van der Waals surface area contributed by atoms with E-state index < -0.39 is 11.6 Å². The van der Waals surface area contributed by atoms with Gasteiger partial charge in [-0.1, -0.05) is 27.5 Å². The minimum Gasteiger partial charge on any atom is -0.454 e. The lowest BCUT2D eigenvalue weighted by molar-refractivity contribution is 0.415. The van der Waals surface area contributed by atoms with E-state index in [-0.39, 0.29) is 22.4 Å². The molecule has 0 fully saturated rings. The Morgan fingerprint density at radius 1 is 1.25 bits per heavy atom. The topological polar surface area (TPSA) is 59.1 Å².